The van der Waals surface area contributed by atoms with Crippen LogP contribution in [-0.2, 0) is 20.1 Å². The van der Waals surface area contributed by atoms with E-state index in [2.05, 4.69) is 99.4 Å². The van der Waals surface area contributed by atoms with Gasteiger partial charge in [0.25, 0.3) is 0 Å². The predicted octanol–water partition coefficient (Wildman–Crippen LogP) is 4.01. The molecule has 3 aromatic heterocycles. The SMILES string of the molecule is Cc1ccc2cccc([Se-])c2n1.Cc1ccc2cccc([Se-])c2n1.Cc1ccc2cccc([Se-])c2n1.[Ir+3]. The fourth-order valence-electron chi connectivity index (χ4n) is 3.65. The van der Waals surface area contributed by atoms with E-state index in [1.54, 1.807) is 0 Å². The van der Waals surface area contributed by atoms with Gasteiger partial charge in [0.15, 0.2) is 0 Å². The normalized spacial score (nSPS) is 10.1. The Morgan fingerprint density at radius 2 is 0.676 bits per heavy atom. The van der Waals surface area contributed by atoms with Crippen molar-refractivity contribution in [3.05, 3.63) is 108 Å². The number of hydrogen-bond donors (Lipinski definition) is 0. The van der Waals surface area contributed by atoms with Crippen molar-refractivity contribution in [3.63, 3.8) is 0 Å². The minimum absolute atomic E-state index is 0. The fourth-order valence-corrected chi connectivity index (χ4v) is 5.18. The van der Waals surface area contributed by atoms with Gasteiger partial charge in [0.1, 0.15) is 0 Å². The van der Waals surface area contributed by atoms with Crippen LogP contribution in [0.25, 0.3) is 32.7 Å². The molecule has 37 heavy (non-hydrogen) atoms. The molecule has 3 aromatic carbocycles. The second kappa shape index (κ2) is 13.8. The smallest absolute Gasteiger partial charge is 3.00 e. The summed E-state index contributed by atoms with van der Waals surface area (Å²) in [5.41, 5.74) is 6.38. The third-order valence-electron chi connectivity index (χ3n) is 5.47. The molecule has 6 rings (SSSR count). The van der Waals surface area contributed by atoms with E-state index in [-0.39, 0.29) is 20.1 Å². The van der Waals surface area contributed by atoms with Crippen LogP contribution in [0.5, 0.6) is 0 Å². The standard InChI is InChI=1S/3C10H9NSe.Ir/c3*1-7-5-6-8-3-2-4-9(12)10(8)11-7;/h3*2-6,12H,1H3;/q;;;+3/p-3. The number of nitrogens with zero attached hydrogens (tertiary/aromatic N) is 3. The first-order valence-electron chi connectivity index (χ1n) is 11.4. The first-order chi connectivity index (χ1) is 17.3. The van der Waals surface area contributed by atoms with Crippen molar-refractivity contribution in [2.45, 2.75) is 20.8 Å². The molecule has 0 aliphatic heterocycles. The quantitative estimate of drug-likeness (QED) is 0.217. The van der Waals surface area contributed by atoms with Gasteiger partial charge in [-0.1, -0.05) is 0 Å². The van der Waals surface area contributed by atoms with Gasteiger partial charge in [0.05, 0.1) is 0 Å². The molecule has 0 saturated carbocycles. The van der Waals surface area contributed by atoms with Crippen molar-refractivity contribution in [2.75, 3.05) is 0 Å². The number of aryl methyl sites for hydroxylation is 3. The Hall–Kier alpha value is -1.90. The van der Waals surface area contributed by atoms with Crippen LogP contribution in [-0.4, -0.2) is 63.0 Å². The molecule has 3 heterocycles. The molecule has 0 unspecified atom stereocenters. The van der Waals surface area contributed by atoms with Crippen molar-refractivity contribution < 1.29 is 20.1 Å². The number of aromatic nitrogens is 3. The van der Waals surface area contributed by atoms with E-state index in [0.29, 0.717) is 0 Å². The zero-order valence-corrected chi connectivity index (χ0v) is 28.1. The molecule has 0 atom stereocenters. The second-order valence-electron chi connectivity index (χ2n) is 8.34. The minimum atomic E-state index is 0. The third kappa shape index (κ3) is 7.80. The Morgan fingerprint density at radius 1 is 0.405 bits per heavy atom. The second-order valence-corrected chi connectivity index (χ2v) is 11.1. The van der Waals surface area contributed by atoms with Gasteiger partial charge in [0.2, 0.25) is 0 Å². The van der Waals surface area contributed by atoms with Gasteiger partial charge in [0, 0.05) is 0 Å². The van der Waals surface area contributed by atoms with Crippen molar-refractivity contribution >= 4 is 94.1 Å². The molecule has 3 nitrogen and oxygen atoms in total. The van der Waals surface area contributed by atoms with Crippen molar-refractivity contribution in [2.24, 2.45) is 0 Å². The summed E-state index contributed by atoms with van der Waals surface area (Å²) >= 11 is 9.03. The summed E-state index contributed by atoms with van der Waals surface area (Å²) in [6.07, 6.45) is 0. The Balaban J connectivity index is 0.000000152. The van der Waals surface area contributed by atoms with Crippen LogP contribution in [0.1, 0.15) is 17.1 Å². The summed E-state index contributed by atoms with van der Waals surface area (Å²) < 4.78 is 3.36. The van der Waals surface area contributed by atoms with Crippen LogP contribution >= 0.6 is 0 Å². The maximum atomic E-state index is 4.44. The molecule has 186 valence electrons. The van der Waals surface area contributed by atoms with Crippen LogP contribution in [0.2, 0.25) is 0 Å². The molecule has 0 aliphatic carbocycles. The van der Waals surface area contributed by atoms with Gasteiger partial charge >= 0.3 is 258 Å². The van der Waals surface area contributed by atoms with Crippen LogP contribution in [0, 0.1) is 20.8 Å². The van der Waals surface area contributed by atoms with Crippen LogP contribution in [0.15, 0.2) is 91.0 Å². The third-order valence-corrected chi connectivity index (χ3v) is 7.54. The van der Waals surface area contributed by atoms with Crippen molar-refractivity contribution in [1.82, 2.24) is 15.0 Å². The zero-order chi connectivity index (χ0) is 25.7. The summed E-state index contributed by atoms with van der Waals surface area (Å²) in [5, 5.41) is 3.57. The Kier molecular flexibility index (Phi) is 11.0. The number of para-hydroxylation sites is 3. The molecule has 0 amide bonds. The minimum Gasteiger partial charge on any atom is 3.00 e. The number of pyridine rings is 3. The van der Waals surface area contributed by atoms with Gasteiger partial charge in [-0.3, -0.25) is 0 Å². The van der Waals surface area contributed by atoms with E-state index in [9.17, 15) is 0 Å². The molecule has 0 saturated heterocycles. The number of fused-ring (bicyclic) bond motifs is 3. The maximum absolute atomic E-state index is 4.44. The maximum Gasteiger partial charge on any atom is 3.00 e. The van der Waals surface area contributed by atoms with E-state index in [4.69, 9.17) is 0 Å². The average Bonchev–Trinajstić information content (AvgIpc) is 2.87. The Labute approximate surface area is 256 Å². The van der Waals surface area contributed by atoms with Gasteiger partial charge < -0.3 is 0 Å². The van der Waals surface area contributed by atoms with Crippen molar-refractivity contribution in [3.8, 4) is 0 Å². The predicted molar refractivity (Wildman–Crippen MR) is 156 cm³/mol. The van der Waals surface area contributed by atoms with Crippen molar-refractivity contribution in [1.29, 1.82) is 0 Å². The number of rotatable bonds is 0. The Bertz CT molecular complexity index is 1470. The van der Waals surface area contributed by atoms with E-state index < -0.39 is 0 Å². The molecular weight excluding hydrogens is 831 g/mol. The number of benzene rings is 3. The van der Waals surface area contributed by atoms with Crippen LogP contribution in [0.4, 0.5) is 0 Å². The zero-order valence-electron chi connectivity index (χ0n) is 20.6. The van der Waals surface area contributed by atoms with Gasteiger partial charge in [-0.15, -0.1) is 0 Å². The van der Waals surface area contributed by atoms with E-state index in [0.717, 1.165) is 47.0 Å². The van der Waals surface area contributed by atoms with Crippen LogP contribution in [0.3, 0.4) is 0 Å². The average molecular weight is 856 g/mol. The number of hydrogen-bond acceptors (Lipinski definition) is 3. The summed E-state index contributed by atoms with van der Waals surface area (Å²) in [5.74, 6) is 0. The topological polar surface area (TPSA) is 38.7 Å². The van der Waals surface area contributed by atoms with Crippen LogP contribution < -0.4 is 13.4 Å². The summed E-state index contributed by atoms with van der Waals surface area (Å²) in [6, 6.07) is 30.8. The van der Waals surface area contributed by atoms with E-state index >= 15 is 0 Å². The van der Waals surface area contributed by atoms with E-state index in [1.807, 2.05) is 75.4 Å². The first kappa shape index (κ1) is 29.7. The largest absolute Gasteiger partial charge is 3.00 e. The molecular formula is C30H24IrN3Se3. The molecule has 0 radical (unpaired) electrons. The monoisotopic (exact) mass is 859 g/mol. The van der Waals surface area contributed by atoms with E-state index in [1.165, 1.54) is 16.2 Å². The van der Waals surface area contributed by atoms with Gasteiger partial charge in [-0.05, 0) is 0 Å². The molecule has 0 fully saturated rings. The summed E-state index contributed by atoms with van der Waals surface area (Å²) in [6.45, 7) is 6.02. The van der Waals surface area contributed by atoms with Gasteiger partial charge in [-0.25, -0.2) is 0 Å². The summed E-state index contributed by atoms with van der Waals surface area (Å²) in [4.78, 5) is 13.3. The molecule has 6 aromatic rings. The molecule has 0 N–H and O–H groups in total. The first-order valence-corrected chi connectivity index (χ1v) is 14.0. The van der Waals surface area contributed by atoms with Gasteiger partial charge in [-0.2, -0.15) is 0 Å². The molecule has 7 heteroatoms. The Morgan fingerprint density at radius 3 is 0.946 bits per heavy atom. The molecule has 0 spiro atoms. The fraction of sp³-hybridized carbons (Fsp3) is 0.100. The summed E-state index contributed by atoms with van der Waals surface area (Å²) in [7, 11) is 0. The molecule has 0 aliphatic rings. The molecule has 0 bridgehead atoms.